The molecule has 0 atom stereocenters. The third-order valence-electron chi connectivity index (χ3n) is 1.75. The Kier molecular flexibility index (Phi) is 2.79. The highest BCUT2D eigenvalue weighted by Crippen LogP contribution is 2.31. The van der Waals surface area contributed by atoms with Crippen LogP contribution in [0.1, 0.15) is 19.3 Å². The molecule has 1 fully saturated rings. The molecule has 0 saturated heterocycles. The zero-order chi connectivity index (χ0) is 8.27. The van der Waals surface area contributed by atoms with Crippen molar-refractivity contribution in [2.24, 2.45) is 5.92 Å². The van der Waals surface area contributed by atoms with Crippen LogP contribution in [0.25, 0.3) is 0 Å². The Morgan fingerprint density at radius 2 is 2.18 bits per heavy atom. The van der Waals surface area contributed by atoms with E-state index >= 15 is 0 Å². The highest BCUT2D eigenvalue weighted by Gasteiger charge is 2.21. The molecule has 0 aromatic rings. The summed E-state index contributed by atoms with van der Waals surface area (Å²) in [5, 5.41) is 2.16. The van der Waals surface area contributed by atoms with E-state index < -0.39 is 12.3 Å². The van der Waals surface area contributed by atoms with Crippen LogP contribution in [-0.4, -0.2) is 18.9 Å². The van der Waals surface area contributed by atoms with E-state index in [1.165, 1.54) is 12.8 Å². The van der Waals surface area contributed by atoms with Gasteiger partial charge >= 0.3 is 6.43 Å². The van der Waals surface area contributed by atoms with E-state index in [0.717, 1.165) is 6.42 Å². The minimum Gasteiger partial charge on any atom is -0.351 e. The largest absolute Gasteiger partial charge is 0.351 e. The lowest BCUT2D eigenvalue weighted by Crippen LogP contribution is -2.30. The Morgan fingerprint density at radius 1 is 1.55 bits per heavy atom. The van der Waals surface area contributed by atoms with Gasteiger partial charge in [-0.15, -0.1) is 0 Å². The zero-order valence-corrected chi connectivity index (χ0v) is 6.15. The molecule has 64 valence electrons. The second-order valence-electron chi connectivity index (χ2n) is 2.82. The van der Waals surface area contributed by atoms with Crippen LogP contribution in [-0.2, 0) is 4.79 Å². The SMILES string of the molecule is O=C(NCCC1CC1)C(F)F. The summed E-state index contributed by atoms with van der Waals surface area (Å²) in [5.41, 5.74) is 0. The number of carbonyl (C=O) groups is 1. The normalized spacial score (nSPS) is 17.0. The van der Waals surface area contributed by atoms with Gasteiger partial charge in [0.25, 0.3) is 5.91 Å². The first-order valence-corrected chi connectivity index (χ1v) is 3.76. The summed E-state index contributed by atoms with van der Waals surface area (Å²) < 4.78 is 23.1. The maximum Gasteiger partial charge on any atom is 0.315 e. The molecule has 0 bridgehead atoms. The molecule has 0 aliphatic heterocycles. The Bertz CT molecular complexity index is 145. The van der Waals surface area contributed by atoms with Crippen LogP contribution in [0.3, 0.4) is 0 Å². The minimum atomic E-state index is -2.87. The second-order valence-corrected chi connectivity index (χ2v) is 2.82. The highest BCUT2D eigenvalue weighted by molar-refractivity contribution is 5.78. The van der Waals surface area contributed by atoms with Gasteiger partial charge in [-0.05, 0) is 12.3 Å². The van der Waals surface area contributed by atoms with Crippen molar-refractivity contribution in [2.75, 3.05) is 6.54 Å². The molecule has 0 radical (unpaired) electrons. The predicted octanol–water partition coefficient (Wildman–Crippen LogP) is 1.17. The summed E-state index contributed by atoms with van der Waals surface area (Å²) in [6.45, 7) is 0.397. The first-order chi connectivity index (χ1) is 5.20. The van der Waals surface area contributed by atoms with Gasteiger partial charge in [0.05, 0.1) is 0 Å². The molecule has 1 aliphatic rings. The Labute approximate surface area is 64.0 Å². The molecule has 2 nitrogen and oxygen atoms in total. The van der Waals surface area contributed by atoms with Gasteiger partial charge in [-0.25, -0.2) is 0 Å². The molecule has 1 amide bonds. The fraction of sp³-hybridized carbons (Fsp3) is 0.857. The zero-order valence-electron chi connectivity index (χ0n) is 6.15. The molecule has 0 aromatic carbocycles. The topological polar surface area (TPSA) is 29.1 Å². The van der Waals surface area contributed by atoms with Gasteiger partial charge in [0, 0.05) is 6.54 Å². The summed E-state index contributed by atoms with van der Waals surface area (Å²) in [6.07, 6.45) is 0.349. The quantitative estimate of drug-likeness (QED) is 0.662. The van der Waals surface area contributed by atoms with E-state index in [0.29, 0.717) is 12.5 Å². The van der Waals surface area contributed by atoms with Gasteiger partial charge in [0.15, 0.2) is 0 Å². The third-order valence-corrected chi connectivity index (χ3v) is 1.75. The standard InChI is InChI=1S/C7H11F2NO/c8-6(9)7(11)10-4-3-5-1-2-5/h5-6H,1-4H2,(H,10,11). The summed E-state index contributed by atoms with van der Waals surface area (Å²) in [4.78, 5) is 10.3. The van der Waals surface area contributed by atoms with Crippen LogP contribution in [0.5, 0.6) is 0 Å². The molecule has 1 saturated carbocycles. The average molecular weight is 163 g/mol. The number of nitrogens with one attached hydrogen (secondary N) is 1. The molecular weight excluding hydrogens is 152 g/mol. The molecule has 0 heterocycles. The van der Waals surface area contributed by atoms with Crippen LogP contribution < -0.4 is 5.32 Å². The Hall–Kier alpha value is -0.670. The fourth-order valence-electron chi connectivity index (χ4n) is 0.883. The van der Waals surface area contributed by atoms with E-state index in [-0.39, 0.29) is 0 Å². The van der Waals surface area contributed by atoms with Crippen molar-refractivity contribution in [2.45, 2.75) is 25.7 Å². The van der Waals surface area contributed by atoms with E-state index in [1.54, 1.807) is 0 Å². The molecule has 1 aliphatic carbocycles. The number of alkyl halides is 2. The fourth-order valence-corrected chi connectivity index (χ4v) is 0.883. The Morgan fingerprint density at radius 3 is 2.64 bits per heavy atom. The van der Waals surface area contributed by atoms with Gasteiger partial charge in [-0.2, -0.15) is 8.78 Å². The van der Waals surface area contributed by atoms with Crippen LogP contribution in [0, 0.1) is 5.92 Å². The van der Waals surface area contributed by atoms with Crippen molar-refractivity contribution in [3.8, 4) is 0 Å². The number of hydrogen-bond acceptors (Lipinski definition) is 1. The first-order valence-electron chi connectivity index (χ1n) is 3.76. The van der Waals surface area contributed by atoms with E-state index in [1.807, 2.05) is 0 Å². The smallest absolute Gasteiger partial charge is 0.315 e. The van der Waals surface area contributed by atoms with Gasteiger partial charge < -0.3 is 5.32 Å². The van der Waals surface area contributed by atoms with E-state index in [9.17, 15) is 13.6 Å². The highest BCUT2D eigenvalue weighted by atomic mass is 19.3. The molecule has 4 heteroatoms. The van der Waals surface area contributed by atoms with Crippen LogP contribution >= 0.6 is 0 Å². The number of carbonyl (C=O) groups excluding carboxylic acids is 1. The predicted molar refractivity (Wildman–Crippen MR) is 36.4 cm³/mol. The Balaban J connectivity index is 1.96. The number of rotatable bonds is 4. The van der Waals surface area contributed by atoms with Crippen LogP contribution in [0.2, 0.25) is 0 Å². The van der Waals surface area contributed by atoms with Crippen molar-refractivity contribution in [1.29, 1.82) is 0 Å². The van der Waals surface area contributed by atoms with Gasteiger partial charge in [-0.1, -0.05) is 12.8 Å². The summed E-state index contributed by atoms with van der Waals surface area (Å²) >= 11 is 0. The van der Waals surface area contributed by atoms with Crippen molar-refractivity contribution in [3.05, 3.63) is 0 Å². The summed E-state index contributed by atoms with van der Waals surface area (Å²) in [5.74, 6) is -0.473. The molecule has 11 heavy (non-hydrogen) atoms. The third kappa shape index (κ3) is 3.30. The molecule has 0 unspecified atom stereocenters. The van der Waals surface area contributed by atoms with Crippen molar-refractivity contribution in [3.63, 3.8) is 0 Å². The van der Waals surface area contributed by atoms with Crippen molar-refractivity contribution in [1.82, 2.24) is 5.32 Å². The second kappa shape index (κ2) is 3.64. The number of halogens is 2. The lowest BCUT2D eigenvalue weighted by atomic mass is 10.3. The summed E-state index contributed by atoms with van der Waals surface area (Å²) in [6, 6.07) is 0. The minimum absolute atomic E-state index is 0.397. The van der Waals surface area contributed by atoms with Crippen molar-refractivity contribution >= 4 is 5.91 Å². The number of amides is 1. The lowest BCUT2D eigenvalue weighted by molar-refractivity contribution is -0.131. The molecule has 1 rings (SSSR count). The van der Waals surface area contributed by atoms with E-state index in [4.69, 9.17) is 0 Å². The van der Waals surface area contributed by atoms with Crippen LogP contribution in [0.15, 0.2) is 0 Å². The van der Waals surface area contributed by atoms with Crippen molar-refractivity contribution < 1.29 is 13.6 Å². The van der Waals surface area contributed by atoms with Gasteiger partial charge in [0.1, 0.15) is 0 Å². The van der Waals surface area contributed by atoms with Gasteiger partial charge in [0.2, 0.25) is 0 Å². The lowest BCUT2D eigenvalue weighted by Gasteiger charge is -2.01. The molecule has 0 aromatic heterocycles. The average Bonchev–Trinajstić information content (AvgIpc) is 2.71. The van der Waals surface area contributed by atoms with E-state index in [2.05, 4.69) is 5.32 Å². The monoisotopic (exact) mass is 163 g/mol. The summed E-state index contributed by atoms with van der Waals surface area (Å²) in [7, 11) is 0. The molecular formula is C7H11F2NO. The first kappa shape index (κ1) is 8.43. The van der Waals surface area contributed by atoms with Gasteiger partial charge in [-0.3, -0.25) is 4.79 Å². The molecule has 1 N–H and O–H groups in total. The number of hydrogen-bond donors (Lipinski definition) is 1. The maximum absolute atomic E-state index is 11.6. The maximum atomic E-state index is 11.6. The van der Waals surface area contributed by atoms with Crippen LogP contribution in [0.4, 0.5) is 8.78 Å². The molecule has 0 spiro atoms.